The van der Waals surface area contributed by atoms with Gasteiger partial charge in [-0.3, -0.25) is 0 Å². The van der Waals surface area contributed by atoms with Crippen molar-refractivity contribution in [2.45, 2.75) is 46.1 Å². The van der Waals surface area contributed by atoms with Crippen molar-refractivity contribution in [3.8, 4) is 0 Å². The Morgan fingerprint density at radius 1 is 1.47 bits per heavy atom. The summed E-state index contributed by atoms with van der Waals surface area (Å²) in [4.78, 5) is 4.24. The van der Waals surface area contributed by atoms with Gasteiger partial charge in [0.2, 0.25) is 0 Å². The number of hydrogen-bond acceptors (Lipinski definition) is 4. The molecule has 0 aliphatic rings. The Labute approximate surface area is 96.5 Å². The first-order valence-electron chi connectivity index (χ1n) is 5.71. The molecule has 0 bridgehead atoms. The quantitative estimate of drug-likeness (QED) is 0.777. The fourth-order valence-electron chi connectivity index (χ4n) is 1.65. The van der Waals surface area contributed by atoms with Gasteiger partial charge in [-0.2, -0.15) is 4.37 Å². The molecule has 1 atom stereocenters. The highest BCUT2D eigenvalue weighted by Gasteiger charge is 2.12. The number of nitrogens with one attached hydrogen (secondary N) is 1. The highest BCUT2D eigenvalue weighted by Crippen LogP contribution is 2.11. The molecular weight excluding hydrogens is 206 g/mol. The van der Waals surface area contributed by atoms with Gasteiger partial charge >= 0.3 is 0 Å². The molecule has 0 saturated heterocycles. The molecule has 1 heterocycles. The Morgan fingerprint density at radius 2 is 2.27 bits per heavy atom. The van der Waals surface area contributed by atoms with Crippen molar-refractivity contribution >= 4 is 11.5 Å². The number of rotatable bonds is 7. The minimum atomic E-state index is 0.554. The van der Waals surface area contributed by atoms with E-state index >= 15 is 0 Å². The Kier molecular flexibility index (Phi) is 5.79. The van der Waals surface area contributed by atoms with E-state index in [9.17, 15) is 0 Å². The minimum absolute atomic E-state index is 0.554. The van der Waals surface area contributed by atoms with Gasteiger partial charge in [-0.25, -0.2) is 4.98 Å². The summed E-state index contributed by atoms with van der Waals surface area (Å²) in [7, 11) is 0. The summed E-state index contributed by atoms with van der Waals surface area (Å²) in [5.41, 5.74) is 0. The van der Waals surface area contributed by atoms with E-state index in [0.29, 0.717) is 6.04 Å². The SMILES string of the molecule is CCCNC(Cc1ncns1)CC(C)C. The van der Waals surface area contributed by atoms with E-state index in [-0.39, 0.29) is 0 Å². The van der Waals surface area contributed by atoms with Crippen LogP contribution in [0.25, 0.3) is 0 Å². The Morgan fingerprint density at radius 3 is 2.80 bits per heavy atom. The van der Waals surface area contributed by atoms with Gasteiger partial charge in [0.05, 0.1) is 0 Å². The molecule has 0 saturated carbocycles. The second kappa shape index (κ2) is 6.90. The molecule has 1 rings (SSSR count). The minimum Gasteiger partial charge on any atom is -0.314 e. The van der Waals surface area contributed by atoms with E-state index in [1.54, 1.807) is 6.33 Å². The van der Waals surface area contributed by atoms with Crippen LogP contribution in [0.1, 0.15) is 38.6 Å². The van der Waals surface area contributed by atoms with Gasteiger partial charge in [0.15, 0.2) is 0 Å². The van der Waals surface area contributed by atoms with Crippen LogP contribution in [0.5, 0.6) is 0 Å². The number of hydrogen-bond donors (Lipinski definition) is 1. The van der Waals surface area contributed by atoms with Crippen LogP contribution in [0.15, 0.2) is 6.33 Å². The summed E-state index contributed by atoms with van der Waals surface area (Å²) in [6.45, 7) is 7.82. The van der Waals surface area contributed by atoms with E-state index in [1.165, 1.54) is 24.4 Å². The van der Waals surface area contributed by atoms with Crippen LogP contribution in [0.2, 0.25) is 0 Å². The molecule has 1 aromatic heterocycles. The molecule has 0 aliphatic heterocycles. The number of nitrogens with zero attached hydrogens (tertiary/aromatic N) is 2. The zero-order valence-corrected chi connectivity index (χ0v) is 10.7. The van der Waals surface area contributed by atoms with Crippen LogP contribution >= 0.6 is 11.5 Å². The van der Waals surface area contributed by atoms with Crippen molar-refractivity contribution in [3.05, 3.63) is 11.3 Å². The van der Waals surface area contributed by atoms with Gasteiger partial charge in [0, 0.05) is 12.5 Å². The van der Waals surface area contributed by atoms with Crippen molar-refractivity contribution in [2.75, 3.05) is 6.54 Å². The summed E-state index contributed by atoms with van der Waals surface area (Å²) in [6, 6.07) is 0.554. The molecule has 0 radical (unpaired) electrons. The lowest BCUT2D eigenvalue weighted by Crippen LogP contribution is -2.33. The van der Waals surface area contributed by atoms with Crippen molar-refractivity contribution in [3.63, 3.8) is 0 Å². The highest BCUT2D eigenvalue weighted by atomic mass is 32.1. The summed E-state index contributed by atoms with van der Waals surface area (Å²) >= 11 is 1.51. The van der Waals surface area contributed by atoms with E-state index in [1.807, 2.05) is 0 Å². The lowest BCUT2D eigenvalue weighted by Gasteiger charge is -2.19. The van der Waals surface area contributed by atoms with Gasteiger partial charge in [-0.1, -0.05) is 20.8 Å². The van der Waals surface area contributed by atoms with Crippen LogP contribution in [-0.2, 0) is 6.42 Å². The van der Waals surface area contributed by atoms with E-state index in [4.69, 9.17) is 0 Å². The van der Waals surface area contributed by atoms with E-state index < -0.39 is 0 Å². The van der Waals surface area contributed by atoms with E-state index in [0.717, 1.165) is 23.9 Å². The van der Waals surface area contributed by atoms with Gasteiger partial charge < -0.3 is 5.32 Å². The smallest absolute Gasteiger partial charge is 0.129 e. The first-order valence-corrected chi connectivity index (χ1v) is 6.48. The molecule has 15 heavy (non-hydrogen) atoms. The summed E-state index contributed by atoms with van der Waals surface area (Å²) < 4.78 is 4.04. The van der Waals surface area contributed by atoms with Gasteiger partial charge in [0.25, 0.3) is 0 Å². The van der Waals surface area contributed by atoms with Gasteiger partial charge in [-0.15, -0.1) is 0 Å². The molecular formula is C11H21N3S. The second-order valence-corrected chi connectivity index (χ2v) is 5.18. The standard InChI is InChI=1S/C11H21N3S/c1-4-5-12-10(6-9(2)3)7-11-13-8-14-15-11/h8-10,12H,4-7H2,1-3H3. The molecule has 0 spiro atoms. The van der Waals surface area contributed by atoms with Crippen molar-refractivity contribution in [2.24, 2.45) is 5.92 Å². The van der Waals surface area contributed by atoms with Crippen molar-refractivity contribution < 1.29 is 0 Å². The molecule has 0 amide bonds. The average molecular weight is 227 g/mol. The normalized spacial score (nSPS) is 13.3. The Bertz CT molecular complexity index is 246. The topological polar surface area (TPSA) is 37.8 Å². The summed E-state index contributed by atoms with van der Waals surface area (Å²) in [5.74, 6) is 0.729. The largest absolute Gasteiger partial charge is 0.314 e. The van der Waals surface area contributed by atoms with Crippen LogP contribution in [0.3, 0.4) is 0 Å². The fourth-order valence-corrected chi connectivity index (χ4v) is 2.24. The predicted molar refractivity (Wildman–Crippen MR) is 65.1 cm³/mol. The lowest BCUT2D eigenvalue weighted by molar-refractivity contribution is 0.416. The maximum absolute atomic E-state index is 4.24. The van der Waals surface area contributed by atoms with Crippen molar-refractivity contribution in [1.29, 1.82) is 0 Å². The molecule has 0 aliphatic carbocycles. The molecule has 0 fully saturated rings. The van der Waals surface area contributed by atoms with Gasteiger partial charge in [0.1, 0.15) is 11.3 Å². The zero-order valence-electron chi connectivity index (χ0n) is 9.86. The number of aromatic nitrogens is 2. The molecule has 4 heteroatoms. The fraction of sp³-hybridized carbons (Fsp3) is 0.818. The average Bonchev–Trinajstić information content (AvgIpc) is 2.66. The van der Waals surface area contributed by atoms with Crippen LogP contribution in [-0.4, -0.2) is 21.9 Å². The second-order valence-electron chi connectivity index (χ2n) is 4.32. The van der Waals surface area contributed by atoms with Crippen molar-refractivity contribution in [1.82, 2.24) is 14.7 Å². The van der Waals surface area contributed by atoms with E-state index in [2.05, 4.69) is 35.4 Å². The maximum atomic E-state index is 4.24. The van der Waals surface area contributed by atoms with Crippen LogP contribution < -0.4 is 5.32 Å². The third-order valence-electron chi connectivity index (χ3n) is 2.27. The molecule has 1 aromatic rings. The summed E-state index contributed by atoms with van der Waals surface area (Å²) in [5, 5.41) is 4.72. The summed E-state index contributed by atoms with van der Waals surface area (Å²) in [6.07, 6.45) is 5.05. The van der Waals surface area contributed by atoms with Gasteiger partial charge in [-0.05, 0) is 36.8 Å². The lowest BCUT2D eigenvalue weighted by atomic mass is 10.0. The molecule has 1 N–H and O–H groups in total. The molecule has 86 valence electrons. The molecule has 1 unspecified atom stereocenters. The first-order chi connectivity index (χ1) is 7.22. The highest BCUT2D eigenvalue weighted by molar-refractivity contribution is 7.05. The maximum Gasteiger partial charge on any atom is 0.129 e. The van der Waals surface area contributed by atoms with Crippen LogP contribution in [0, 0.1) is 5.92 Å². The molecule has 0 aromatic carbocycles. The zero-order chi connectivity index (χ0) is 11.1. The van der Waals surface area contributed by atoms with Crippen LogP contribution in [0.4, 0.5) is 0 Å². The Hall–Kier alpha value is -0.480. The Balaban J connectivity index is 2.41. The molecule has 3 nitrogen and oxygen atoms in total. The third kappa shape index (κ3) is 5.23. The first kappa shape index (κ1) is 12.6. The third-order valence-corrected chi connectivity index (χ3v) is 2.95. The predicted octanol–water partition coefficient (Wildman–Crippen LogP) is 2.49. The monoisotopic (exact) mass is 227 g/mol.